The molecule has 102 valence electrons. The summed E-state index contributed by atoms with van der Waals surface area (Å²) in [5.74, 6) is 0.741. The molecule has 1 atom stereocenters. The Morgan fingerprint density at radius 3 is 2.63 bits per heavy atom. The van der Waals surface area contributed by atoms with Gasteiger partial charge in [0.05, 0.1) is 6.54 Å². The van der Waals surface area contributed by atoms with Gasteiger partial charge in [-0.15, -0.1) is 0 Å². The molecule has 1 aliphatic heterocycles. The molecule has 0 bridgehead atoms. The number of amides is 3. The van der Waals surface area contributed by atoms with E-state index in [2.05, 4.69) is 21.2 Å². The third-order valence-corrected chi connectivity index (χ3v) is 4.14. The van der Waals surface area contributed by atoms with Gasteiger partial charge in [0.25, 0.3) is 5.91 Å². The lowest BCUT2D eigenvalue weighted by molar-refractivity contribution is -0.127. The summed E-state index contributed by atoms with van der Waals surface area (Å²) in [7, 11) is 0. The van der Waals surface area contributed by atoms with E-state index < -0.39 is 0 Å². The molecule has 3 amide bonds. The van der Waals surface area contributed by atoms with Gasteiger partial charge >= 0.3 is 6.03 Å². The summed E-state index contributed by atoms with van der Waals surface area (Å²) in [6, 6.07) is 6.95. The summed E-state index contributed by atoms with van der Waals surface area (Å²) < 4.78 is 0.978. The number of thioether (sulfide) groups is 1. The second-order valence-electron chi connectivity index (χ2n) is 4.33. The zero-order valence-corrected chi connectivity index (χ0v) is 13.0. The van der Waals surface area contributed by atoms with Crippen molar-refractivity contribution in [2.24, 2.45) is 0 Å². The average molecular weight is 343 g/mol. The maximum absolute atomic E-state index is 12.1. The first-order valence-corrected chi connectivity index (χ1v) is 8.15. The molecule has 0 unspecified atom stereocenters. The highest BCUT2D eigenvalue weighted by Gasteiger charge is 2.37. The highest BCUT2D eigenvalue weighted by atomic mass is 79.9. The molecule has 0 aromatic heterocycles. The van der Waals surface area contributed by atoms with Gasteiger partial charge in [0.1, 0.15) is 6.04 Å². The molecule has 0 radical (unpaired) electrons. The summed E-state index contributed by atoms with van der Waals surface area (Å²) in [6.45, 7) is 0.327. The molecule has 1 fully saturated rings. The van der Waals surface area contributed by atoms with Gasteiger partial charge in [-0.3, -0.25) is 9.69 Å². The monoisotopic (exact) mass is 342 g/mol. The number of benzene rings is 1. The zero-order chi connectivity index (χ0) is 13.8. The van der Waals surface area contributed by atoms with Crippen LogP contribution in [0.15, 0.2) is 28.7 Å². The van der Waals surface area contributed by atoms with Crippen molar-refractivity contribution in [2.45, 2.75) is 19.0 Å². The minimum Gasteiger partial charge on any atom is -0.326 e. The Morgan fingerprint density at radius 1 is 1.32 bits per heavy atom. The minimum atomic E-state index is -0.365. The fraction of sp³-hybridized carbons (Fsp3) is 0.385. The van der Waals surface area contributed by atoms with Gasteiger partial charge < -0.3 is 5.32 Å². The second kappa shape index (κ2) is 6.43. The summed E-state index contributed by atoms with van der Waals surface area (Å²) in [6.07, 6.45) is 2.67. The first kappa shape index (κ1) is 14.4. The van der Waals surface area contributed by atoms with E-state index in [0.717, 1.165) is 15.8 Å². The van der Waals surface area contributed by atoms with E-state index in [0.29, 0.717) is 13.0 Å². The Morgan fingerprint density at radius 2 is 2.00 bits per heavy atom. The van der Waals surface area contributed by atoms with E-state index in [1.165, 1.54) is 4.90 Å². The summed E-state index contributed by atoms with van der Waals surface area (Å²) >= 11 is 5.03. The van der Waals surface area contributed by atoms with Crippen LogP contribution in [-0.4, -0.2) is 34.9 Å². The summed E-state index contributed by atoms with van der Waals surface area (Å²) in [4.78, 5) is 25.2. The second-order valence-corrected chi connectivity index (χ2v) is 6.24. The number of hydrogen-bond donors (Lipinski definition) is 1. The van der Waals surface area contributed by atoms with Crippen LogP contribution in [0.5, 0.6) is 0 Å². The smallest absolute Gasteiger partial charge is 0.325 e. The molecule has 0 aliphatic carbocycles. The van der Waals surface area contributed by atoms with Crippen molar-refractivity contribution >= 4 is 39.6 Å². The third-order valence-electron chi connectivity index (χ3n) is 2.97. The number of halogens is 1. The molecular weight excluding hydrogens is 328 g/mol. The largest absolute Gasteiger partial charge is 0.326 e. The molecule has 19 heavy (non-hydrogen) atoms. The maximum atomic E-state index is 12.1. The molecule has 1 N–H and O–H groups in total. The zero-order valence-electron chi connectivity index (χ0n) is 10.6. The van der Waals surface area contributed by atoms with Crippen molar-refractivity contribution in [1.29, 1.82) is 0 Å². The molecule has 1 aliphatic rings. The number of nitrogens with zero attached hydrogens (tertiary/aromatic N) is 1. The van der Waals surface area contributed by atoms with Crippen LogP contribution in [-0.2, 0) is 11.3 Å². The SMILES string of the molecule is CSCC[C@H]1NC(=O)N(Cc2ccc(Br)cc2)C1=O. The fourth-order valence-corrected chi connectivity index (χ4v) is 2.67. The van der Waals surface area contributed by atoms with E-state index in [-0.39, 0.29) is 18.0 Å². The average Bonchev–Trinajstić information content (AvgIpc) is 2.66. The van der Waals surface area contributed by atoms with E-state index in [9.17, 15) is 9.59 Å². The van der Waals surface area contributed by atoms with Gasteiger partial charge in [0.15, 0.2) is 0 Å². The Kier molecular flexibility index (Phi) is 4.87. The minimum absolute atomic E-state index is 0.123. The summed E-state index contributed by atoms with van der Waals surface area (Å²) in [5.41, 5.74) is 0.942. The van der Waals surface area contributed by atoms with Crippen LogP contribution in [0.25, 0.3) is 0 Å². The van der Waals surface area contributed by atoms with Gasteiger partial charge in [-0.1, -0.05) is 28.1 Å². The first-order chi connectivity index (χ1) is 9.11. The van der Waals surface area contributed by atoms with Crippen LogP contribution in [0.3, 0.4) is 0 Å². The molecule has 4 nitrogen and oxygen atoms in total. The molecule has 0 spiro atoms. The first-order valence-electron chi connectivity index (χ1n) is 5.97. The lowest BCUT2D eigenvalue weighted by Crippen LogP contribution is -2.31. The van der Waals surface area contributed by atoms with Crippen LogP contribution in [0.4, 0.5) is 4.79 Å². The molecule has 6 heteroatoms. The quantitative estimate of drug-likeness (QED) is 0.836. The molecule has 1 aromatic rings. The van der Waals surface area contributed by atoms with Crippen molar-refractivity contribution in [1.82, 2.24) is 10.2 Å². The molecule has 1 aromatic carbocycles. The summed E-state index contributed by atoms with van der Waals surface area (Å²) in [5, 5.41) is 2.74. The van der Waals surface area contributed by atoms with Crippen LogP contribution in [0.1, 0.15) is 12.0 Å². The Bertz CT molecular complexity index is 478. The maximum Gasteiger partial charge on any atom is 0.325 e. The highest BCUT2D eigenvalue weighted by Crippen LogP contribution is 2.17. The number of carbonyl (C=O) groups excluding carboxylic acids is 2. The van der Waals surface area contributed by atoms with Crippen molar-refractivity contribution in [3.8, 4) is 0 Å². The Balaban J connectivity index is 2.02. The highest BCUT2D eigenvalue weighted by molar-refractivity contribution is 9.10. The van der Waals surface area contributed by atoms with E-state index >= 15 is 0 Å². The molecular formula is C13H15BrN2O2S. The van der Waals surface area contributed by atoms with Gasteiger partial charge in [-0.2, -0.15) is 11.8 Å². The van der Waals surface area contributed by atoms with Crippen LogP contribution in [0.2, 0.25) is 0 Å². The van der Waals surface area contributed by atoms with E-state index in [1.807, 2.05) is 30.5 Å². The van der Waals surface area contributed by atoms with Crippen LogP contribution >= 0.6 is 27.7 Å². The molecule has 1 heterocycles. The molecule has 2 rings (SSSR count). The normalized spacial score (nSPS) is 18.8. The van der Waals surface area contributed by atoms with Gasteiger partial charge in [-0.25, -0.2) is 4.79 Å². The fourth-order valence-electron chi connectivity index (χ4n) is 1.93. The number of nitrogens with one attached hydrogen (secondary N) is 1. The predicted molar refractivity (Wildman–Crippen MR) is 80.0 cm³/mol. The number of imide groups is 1. The van der Waals surface area contributed by atoms with Crippen molar-refractivity contribution in [2.75, 3.05) is 12.0 Å². The van der Waals surface area contributed by atoms with Crippen molar-refractivity contribution < 1.29 is 9.59 Å². The number of hydrogen-bond acceptors (Lipinski definition) is 3. The number of urea groups is 1. The predicted octanol–water partition coefficient (Wildman–Crippen LogP) is 2.62. The standard InChI is InChI=1S/C13H15BrN2O2S/c1-19-7-6-11-12(17)16(13(18)15-11)8-9-2-4-10(14)5-3-9/h2-5,11H,6-8H2,1H3,(H,15,18)/t11-/m1/s1. The van der Waals surface area contributed by atoms with E-state index in [4.69, 9.17) is 0 Å². The van der Waals surface area contributed by atoms with Crippen LogP contribution in [0, 0.1) is 0 Å². The lowest BCUT2D eigenvalue weighted by atomic mass is 10.2. The molecule has 0 saturated carbocycles. The van der Waals surface area contributed by atoms with Gasteiger partial charge in [-0.05, 0) is 36.1 Å². The third kappa shape index (κ3) is 3.51. The van der Waals surface area contributed by atoms with Gasteiger partial charge in [0.2, 0.25) is 0 Å². The van der Waals surface area contributed by atoms with E-state index in [1.54, 1.807) is 11.8 Å². The van der Waals surface area contributed by atoms with Crippen LogP contribution < -0.4 is 5.32 Å². The number of carbonyl (C=O) groups is 2. The Hall–Kier alpha value is -1.01. The van der Waals surface area contributed by atoms with Gasteiger partial charge in [0, 0.05) is 4.47 Å². The molecule has 1 saturated heterocycles. The Labute approximate surface area is 125 Å². The lowest BCUT2D eigenvalue weighted by Gasteiger charge is -2.13. The topological polar surface area (TPSA) is 49.4 Å². The van der Waals surface area contributed by atoms with Crippen molar-refractivity contribution in [3.05, 3.63) is 34.3 Å². The number of rotatable bonds is 5. The van der Waals surface area contributed by atoms with Crippen molar-refractivity contribution in [3.63, 3.8) is 0 Å².